The van der Waals surface area contributed by atoms with E-state index in [-0.39, 0.29) is 11.0 Å². The van der Waals surface area contributed by atoms with Crippen molar-refractivity contribution >= 4 is 23.3 Å². The summed E-state index contributed by atoms with van der Waals surface area (Å²) in [6.45, 7) is 2.80. The van der Waals surface area contributed by atoms with Crippen LogP contribution in [0.3, 0.4) is 0 Å². The maximum atomic E-state index is 12.4. The Morgan fingerprint density at radius 1 is 1.39 bits per heavy atom. The summed E-state index contributed by atoms with van der Waals surface area (Å²) >= 11 is 5.46. The average Bonchev–Trinajstić information content (AvgIpc) is 2.13. The number of hydrogen-bond acceptors (Lipinski definition) is 4. The van der Waals surface area contributed by atoms with Gasteiger partial charge in [0.2, 0.25) is 11.7 Å². The minimum absolute atomic E-state index is 0.230. The van der Waals surface area contributed by atoms with Crippen molar-refractivity contribution in [3.63, 3.8) is 0 Å². The molecule has 18 heavy (non-hydrogen) atoms. The fourth-order valence-corrected chi connectivity index (χ4v) is 1.17. The van der Waals surface area contributed by atoms with Crippen molar-refractivity contribution in [1.82, 2.24) is 9.97 Å². The van der Waals surface area contributed by atoms with Crippen LogP contribution in [-0.2, 0) is 11.0 Å². The predicted molar refractivity (Wildman–Crippen MR) is 58.9 cm³/mol. The molecule has 0 aliphatic heterocycles. The fourth-order valence-electron chi connectivity index (χ4n) is 0.990. The van der Waals surface area contributed by atoms with E-state index in [4.69, 9.17) is 17.3 Å². The van der Waals surface area contributed by atoms with E-state index in [9.17, 15) is 18.0 Å². The topological polar surface area (TPSA) is 80.9 Å². The molecule has 5 nitrogen and oxygen atoms in total. The van der Waals surface area contributed by atoms with Gasteiger partial charge in [0.25, 0.3) is 0 Å². The molecule has 0 fully saturated rings. The van der Waals surface area contributed by atoms with Crippen LogP contribution in [0.15, 0.2) is 6.07 Å². The first-order chi connectivity index (χ1) is 8.02. The van der Waals surface area contributed by atoms with E-state index in [2.05, 4.69) is 15.3 Å². The molecule has 9 heteroatoms. The maximum absolute atomic E-state index is 12.4. The maximum Gasteiger partial charge on any atom is 0.451 e. The number of halogens is 4. The number of carbonyl (C=O) groups excluding carboxylic acids is 1. The molecule has 0 saturated heterocycles. The molecule has 3 N–H and O–H groups in total. The number of nitrogens with one attached hydrogen (secondary N) is 1. The molecule has 0 saturated carbocycles. The molecule has 1 aromatic heterocycles. The number of carbonyl (C=O) groups is 1. The van der Waals surface area contributed by atoms with E-state index in [1.807, 2.05) is 0 Å². The lowest BCUT2D eigenvalue weighted by Crippen LogP contribution is -2.45. The highest BCUT2D eigenvalue weighted by atomic mass is 35.5. The second-order valence-corrected chi connectivity index (χ2v) is 4.40. The molecule has 0 unspecified atom stereocenters. The van der Waals surface area contributed by atoms with E-state index >= 15 is 0 Å². The molecule has 1 heterocycles. The normalized spacial score (nSPS) is 12.3. The van der Waals surface area contributed by atoms with Gasteiger partial charge in [-0.3, -0.25) is 4.79 Å². The highest BCUT2D eigenvalue weighted by Gasteiger charge is 2.36. The number of alkyl halides is 3. The van der Waals surface area contributed by atoms with Crippen molar-refractivity contribution in [2.24, 2.45) is 5.73 Å². The molecule has 0 bridgehead atoms. The summed E-state index contributed by atoms with van der Waals surface area (Å²) in [4.78, 5) is 17.3. The van der Waals surface area contributed by atoms with E-state index in [1.54, 1.807) is 0 Å². The van der Waals surface area contributed by atoms with E-state index in [1.165, 1.54) is 13.8 Å². The molecule has 0 atom stereocenters. The van der Waals surface area contributed by atoms with Crippen LogP contribution >= 0.6 is 11.6 Å². The Labute approximate surface area is 106 Å². The molecular formula is C9H10ClF3N4O. The predicted octanol–water partition coefficient (Wildman–Crippen LogP) is 1.82. The van der Waals surface area contributed by atoms with E-state index < -0.39 is 23.4 Å². The first-order valence-corrected chi connectivity index (χ1v) is 5.10. The lowest BCUT2D eigenvalue weighted by molar-refractivity contribution is -0.144. The Hall–Kier alpha value is -1.57. The molecule has 1 rings (SSSR count). The number of nitrogens with zero attached hydrogens (tertiary/aromatic N) is 2. The monoisotopic (exact) mass is 282 g/mol. The zero-order chi connectivity index (χ0) is 14.1. The van der Waals surface area contributed by atoms with Crippen LogP contribution in [0.1, 0.15) is 19.7 Å². The minimum atomic E-state index is -4.72. The smallest absolute Gasteiger partial charge is 0.368 e. The average molecular weight is 283 g/mol. The van der Waals surface area contributed by atoms with Gasteiger partial charge in [0.05, 0.1) is 0 Å². The third kappa shape index (κ3) is 3.46. The van der Waals surface area contributed by atoms with Gasteiger partial charge in [-0.2, -0.15) is 13.2 Å². The third-order valence-electron chi connectivity index (χ3n) is 2.01. The summed E-state index contributed by atoms with van der Waals surface area (Å²) < 4.78 is 37.3. The fraction of sp³-hybridized carbons (Fsp3) is 0.444. The van der Waals surface area contributed by atoms with Gasteiger partial charge in [-0.25, -0.2) is 9.97 Å². The largest absolute Gasteiger partial charge is 0.451 e. The first kappa shape index (κ1) is 14.5. The molecule has 1 amide bonds. The summed E-state index contributed by atoms with van der Waals surface area (Å²) in [5, 5.41) is 2.07. The zero-order valence-corrected chi connectivity index (χ0v) is 10.2. The third-order valence-corrected chi connectivity index (χ3v) is 2.20. The number of nitrogens with two attached hydrogens (primary N) is 1. The van der Waals surface area contributed by atoms with Crippen molar-refractivity contribution in [2.45, 2.75) is 25.6 Å². The summed E-state index contributed by atoms with van der Waals surface area (Å²) in [7, 11) is 0. The molecule has 0 aromatic carbocycles. The quantitative estimate of drug-likeness (QED) is 0.829. The van der Waals surface area contributed by atoms with Gasteiger partial charge in [0.15, 0.2) is 0 Å². The molecular weight excluding hydrogens is 273 g/mol. The van der Waals surface area contributed by atoms with Crippen LogP contribution in [0.5, 0.6) is 0 Å². The molecule has 0 aliphatic carbocycles. The Morgan fingerprint density at radius 2 is 1.94 bits per heavy atom. The van der Waals surface area contributed by atoms with Gasteiger partial charge in [0.1, 0.15) is 16.5 Å². The Balaban J connectivity index is 3.12. The Morgan fingerprint density at radius 3 is 2.39 bits per heavy atom. The second kappa shape index (κ2) is 4.60. The summed E-state index contributed by atoms with van der Waals surface area (Å²) in [6.07, 6.45) is -4.72. The van der Waals surface area contributed by atoms with E-state index in [0.717, 1.165) is 6.07 Å². The van der Waals surface area contributed by atoms with Crippen molar-refractivity contribution in [1.29, 1.82) is 0 Å². The Bertz CT molecular complexity index is 475. The minimum Gasteiger partial charge on any atom is -0.368 e. The standard InChI is InChI=1S/C9H10ClF3N4O/c1-8(2,6(14)18)17-5-3-4(10)15-7(16-5)9(11,12)13/h3H,1-2H3,(H2,14,18)(H,15,16,17). The SMILES string of the molecule is CC(C)(Nc1cc(Cl)nc(C(F)(F)F)n1)C(N)=O. The summed E-state index contributed by atoms with van der Waals surface area (Å²) in [5.74, 6) is -2.37. The van der Waals surface area contributed by atoms with E-state index in [0.29, 0.717) is 0 Å². The number of aromatic nitrogens is 2. The van der Waals surface area contributed by atoms with Gasteiger partial charge < -0.3 is 11.1 Å². The van der Waals surface area contributed by atoms with Crippen LogP contribution < -0.4 is 11.1 Å². The lowest BCUT2D eigenvalue weighted by Gasteiger charge is -2.23. The van der Waals surface area contributed by atoms with Crippen LogP contribution in [0, 0.1) is 0 Å². The van der Waals surface area contributed by atoms with Crippen molar-refractivity contribution in [3.05, 3.63) is 17.0 Å². The van der Waals surface area contributed by atoms with Crippen molar-refractivity contribution in [2.75, 3.05) is 5.32 Å². The Kier molecular flexibility index (Phi) is 3.70. The van der Waals surface area contributed by atoms with Crippen molar-refractivity contribution < 1.29 is 18.0 Å². The number of hydrogen-bond donors (Lipinski definition) is 2. The number of amides is 1. The molecule has 0 radical (unpaired) electrons. The summed E-state index contributed by atoms with van der Waals surface area (Å²) in [6, 6.07) is 1.07. The van der Waals surface area contributed by atoms with Gasteiger partial charge >= 0.3 is 6.18 Å². The zero-order valence-electron chi connectivity index (χ0n) is 9.47. The van der Waals surface area contributed by atoms with Crippen LogP contribution in [0.4, 0.5) is 19.0 Å². The van der Waals surface area contributed by atoms with Gasteiger partial charge in [-0.15, -0.1) is 0 Å². The van der Waals surface area contributed by atoms with Gasteiger partial charge in [-0.05, 0) is 13.8 Å². The molecule has 0 aliphatic rings. The number of primary amides is 1. The van der Waals surface area contributed by atoms with Gasteiger partial charge in [0, 0.05) is 6.07 Å². The molecule has 0 spiro atoms. The highest BCUT2D eigenvalue weighted by molar-refractivity contribution is 6.29. The summed E-state index contributed by atoms with van der Waals surface area (Å²) in [5.41, 5.74) is 3.82. The van der Waals surface area contributed by atoms with Crippen LogP contribution in [0.25, 0.3) is 0 Å². The first-order valence-electron chi connectivity index (χ1n) is 4.72. The van der Waals surface area contributed by atoms with Crippen LogP contribution in [0.2, 0.25) is 5.15 Å². The molecule has 1 aromatic rings. The van der Waals surface area contributed by atoms with Gasteiger partial charge in [-0.1, -0.05) is 11.6 Å². The molecule has 100 valence electrons. The van der Waals surface area contributed by atoms with Crippen molar-refractivity contribution in [3.8, 4) is 0 Å². The number of anilines is 1. The highest BCUT2D eigenvalue weighted by Crippen LogP contribution is 2.28. The second-order valence-electron chi connectivity index (χ2n) is 4.01. The number of rotatable bonds is 3. The van der Waals surface area contributed by atoms with Crippen LogP contribution in [-0.4, -0.2) is 21.4 Å². The lowest BCUT2D eigenvalue weighted by atomic mass is 10.1.